The topological polar surface area (TPSA) is 65.4 Å². The number of nitrogens with one attached hydrogen (secondary N) is 1. The number of carbonyl (C=O) groups excluding carboxylic acids is 1. The number of benzene rings is 2. The van der Waals surface area contributed by atoms with E-state index in [1.165, 1.54) is 0 Å². The van der Waals surface area contributed by atoms with Gasteiger partial charge in [0.05, 0.1) is 7.11 Å². The summed E-state index contributed by atoms with van der Waals surface area (Å²) in [5.74, 6) is 1.87. The van der Waals surface area contributed by atoms with E-state index in [1.54, 1.807) is 13.3 Å². The third-order valence-electron chi connectivity index (χ3n) is 3.96. The van der Waals surface area contributed by atoms with Crippen molar-refractivity contribution in [3.8, 4) is 11.5 Å². The SMILES string of the molecule is COc1cccc([C@@H](NC(=O)COc2ccccc2)c2nccn2C)c1. The van der Waals surface area contributed by atoms with Crippen molar-refractivity contribution in [1.82, 2.24) is 14.9 Å². The molecule has 0 saturated carbocycles. The number of aryl methyl sites for hydroxylation is 1. The van der Waals surface area contributed by atoms with Crippen molar-refractivity contribution in [3.05, 3.63) is 78.4 Å². The standard InChI is InChI=1S/C20H21N3O3/c1-23-12-11-21-20(23)19(15-7-6-10-17(13-15)25-2)22-18(24)14-26-16-8-4-3-5-9-16/h3-13,19H,14H2,1-2H3,(H,22,24)/t19-/m1/s1. The molecule has 0 unspecified atom stereocenters. The Labute approximate surface area is 152 Å². The zero-order valence-electron chi connectivity index (χ0n) is 14.8. The fourth-order valence-electron chi connectivity index (χ4n) is 2.64. The summed E-state index contributed by atoms with van der Waals surface area (Å²) in [5.41, 5.74) is 0.881. The van der Waals surface area contributed by atoms with Gasteiger partial charge in [0.2, 0.25) is 0 Å². The van der Waals surface area contributed by atoms with Crippen LogP contribution in [-0.2, 0) is 11.8 Å². The second kappa shape index (κ2) is 8.20. The van der Waals surface area contributed by atoms with E-state index in [2.05, 4.69) is 10.3 Å². The quantitative estimate of drug-likeness (QED) is 0.711. The minimum atomic E-state index is -0.406. The van der Waals surface area contributed by atoms with Crippen molar-refractivity contribution in [1.29, 1.82) is 0 Å². The number of amides is 1. The molecule has 2 aromatic carbocycles. The smallest absolute Gasteiger partial charge is 0.258 e. The van der Waals surface area contributed by atoms with Crippen molar-refractivity contribution in [2.24, 2.45) is 7.05 Å². The lowest BCUT2D eigenvalue weighted by Crippen LogP contribution is -2.34. The molecule has 6 nitrogen and oxygen atoms in total. The summed E-state index contributed by atoms with van der Waals surface area (Å²) >= 11 is 0. The van der Waals surface area contributed by atoms with Crippen LogP contribution in [0.3, 0.4) is 0 Å². The molecule has 1 N–H and O–H groups in total. The van der Waals surface area contributed by atoms with Crippen LogP contribution < -0.4 is 14.8 Å². The summed E-state index contributed by atoms with van der Waals surface area (Å²) in [6.45, 7) is -0.0745. The highest BCUT2D eigenvalue weighted by molar-refractivity contribution is 5.78. The van der Waals surface area contributed by atoms with Crippen LogP contribution in [0.2, 0.25) is 0 Å². The highest BCUT2D eigenvalue weighted by atomic mass is 16.5. The first kappa shape index (κ1) is 17.5. The molecule has 3 aromatic rings. The van der Waals surface area contributed by atoms with Gasteiger partial charge in [-0.2, -0.15) is 0 Å². The molecule has 0 spiro atoms. The van der Waals surface area contributed by atoms with Gasteiger partial charge in [-0.25, -0.2) is 4.98 Å². The minimum Gasteiger partial charge on any atom is -0.497 e. The Morgan fingerprint density at radius 1 is 1.15 bits per heavy atom. The van der Waals surface area contributed by atoms with Gasteiger partial charge in [-0.1, -0.05) is 30.3 Å². The van der Waals surface area contributed by atoms with E-state index < -0.39 is 6.04 Å². The number of rotatable bonds is 7. The molecule has 0 aliphatic carbocycles. The maximum Gasteiger partial charge on any atom is 0.258 e. The largest absolute Gasteiger partial charge is 0.497 e. The molecule has 26 heavy (non-hydrogen) atoms. The van der Waals surface area contributed by atoms with Gasteiger partial charge in [0.15, 0.2) is 6.61 Å². The third-order valence-corrected chi connectivity index (χ3v) is 3.96. The number of imidazole rings is 1. The highest BCUT2D eigenvalue weighted by Crippen LogP contribution is 2.24. The molecule has 1 heterocycles. The maximum atomic E-state index is 12.5. The Hall–Kier alpha value is -3.28. The van der Waals surface area contributed by atoms with Crippen molar-refractivity contribution in [2.75, 3.05) is 13.7 Å². The zero-order chi connectivity index (χ0) is 18.4. The fraction of sp³-hybridized carbons (Fsp3) is 0.200. The molecule has 1 aromatic heterocycles. The predicted octanol–water partition coefficient (Wildman–Crippen LogP) is 2.71. The molecule has 0 saturated heterocycles. The van der Waals surface area contributed by atoms with E-state index in [-0.39, 0.29) is 12.5 Å². The first-order valence-electron chi connectivity index (χ1n) is 8.26. The van der Waals surface area contributed by atoms with Gasteiger partial charge < -0.3 is 19.4 Å². The van der Waals surface area contributed by atoms with Crippen LogP contribution in [0, 0.1) is 0 Å². The lowest BCUT2D eigenvalue weighted by Gasteiger charge is -2.20. The Morgan fingerprint density at radius 3 is 2.62 bits per heavy atom. The molecule has 134 valence electrons. The minimum absolute atomic E-state index is 0.0745. The second-order valence-corrected chi connectivity index (χ2v) is 5.78. The van der Waals surface area contributed by atoms with Crippen LogP contribution in [0.1, 0.15) is 17.4 Å². The number of hydrogen-bond donors (Lipinski definition) is 1. The Morgan fingerprint density at radius 2 is 1.92 bits per heavy atom. The van der Waals surface area contributed by atoms with Gasteiger partial charge in [0, 0.05) is 19.4 Å². The molecular weight excluding hydrogens is 330 g/mol. The van der Waals surface area contributed by atoms with E-state index in [1.807, 2.05) is 72.4 Å². The van der Waals surface area contributed by atoms with E-state index in [4.69, 9.17) is 9.47 Å². The molecule has 0 aliphatic rings. The molecule has 6 heteroatoms. The summed E-state index contributed by atoms with van der Waals surface area (Å²) in [7, 11) is 3.50. The van der Waals surface area contributed by atoms with Crippen LogP contribution in [0.25, 0.3) is 0 Å². The molecule has 1 amide bonds. The number of nitrogens with zero attached hydrogens (tertiary/aromatic N) is 2. The number of methoxy groups -OCH3 is 1. The lowest BCUT2D eigenvalue weighted by molar-refractivity contribution is -0.123. The van der Waals surface area contributed by atoms with Gasteiger partial charge in [0.1, 0.15) is 23.4 Å². The van der Waals surface area contributed by atoms with E-state index in [9.17, 15) is 4.79 Å². The summed E-state index contributed by atoms with van der Waals surface area (Å²) in [5, 5.41) is 3.00. The summed E-state index contributed by atoms with van der Waals surface area (Å²) in [4.78, 5) is 16.8. The predicted molar refractivity (Wildman–Crippen MR) is 98.1 cm³/mol. The van der Waals surface area contributed by atoms with Crippen molar-refractivity contribution >= 4 is 5.91 Å². The molecule has 0 bridgehead atoms. The molecule has 0 fully saturated rings. The highest BCUT2D eigenvalue weighted by Gasteiger charge is 2.21. The second-order valence-electron chi connectivity index (χ2n) is 5.78. The van der Waals surface area contributed by atoms with Crippen molar-refractivity contribution in [3.63, 3.8) is 0 Å². The normalized spacial score (nSPS) is 11.6. The van der Waals surface area contributed by atoms with Gasteiger partial charge in [-0.3, -0.25) is 4.79 Å². The number of aromatic nitrogens is 2. The van der Waals surface area contributed by atoms with E-state index >= 15 is 0 Å². The van der Waals surface area contributed by atoms with Crippen LogP contribution in [0.4, 0.5) is 0 Å². The van der Waals surface area contributed by atoms with Gasteiger partial charge in [-0.05, 0) is 29.8 Å². The first-order valence-corrected chi connectivity index (χ1v) is 8.26. The number of ether oxygens (including phenoxy) is 2. The van der Waals surface area contributed by atoms with Crippen LogP contribution in [-0.4, -0.2) is 29.2 Å². The van der Waals surface area contributed by atoms with Crippen LogP contribution in [0.15, 0.2) is 67.0 Å². The third kappa shape index (κ3) is 4.22. The Bertz CT molecular complexity index is 862. The maximum absolute atomic E-state index is 12.5. The molecule has 3 rings (SSSR count). The summed E-state index contributed by atoms with van der Waals surface area (Å²) in [6.07, 6.45) is 3.55. The van der Waals surface area contributed by atoms with Crippen molar-refractivity contribution < 1.29 is 14.3 Å². The fourth-order valence-corrected chi connectivity index (χ4v) is 2.64. The van der Waals surface area contributed by atoms with E-state index in [0.717, 1.165) is 17.1 Å². The van der Waals surface area contributed by atoms with Gasteiger partial charge in [-0.15, -0.1) is 0 Å². The molecule has 1 atom stereocenters. The molecule has 0 radical (unpaired) electrons. The lowest BCUT2D eigenvalue weighted by atomic mass is 10.1. The number of para-hydroxylation sites is 1. The van der Waals surface area contributed by atoms with Gasteiger partial charge in [0.25, 0.3) is 5.91 Å². The van der Waals surface area contributed by atoms with Crippen LogP contribution >= 0.6 is 0 Å². The summed E-state index contributed by atoms with van der Waals surface area (Å²) < 4.78 is 12.7. The molecular formula is C20H21N3O3. The first-order chi connectivity index (χ1) is 12.7. The monoisotopic (exact) mass is 351 g/mol. The van der Waals surface area contributed by atoms with Crippen LogP contribution in [0.5, 0.6) is 11.5 Å². The number of hydrogen-bond acceptors (Lipinski definition) is 4. The average molecular weight is 351 g/mol. The Balaban J connectivity index is 1.77. The van der Waals surface area contributed by atoms with Crippen molar-refractivity contribution in [2.45, 2.75) is 6.04 Å². The average Bonchev–Trinajstić information content (AvgIpc) is 3.11. The zero-order valence-corrected chi connectivity index (χ0v) is 14.8. The Kier molecular flexibility index (Phi) is 5.53. The molecule has 0 aliphatic heterocycles. The number of carbonyl (C=O) groups is 1. The summed E-state index contributed by atoms with van der Waals surface area (Å²) in [6, 6.07) is 16.4. The van der Waals surface area contributed by atoms with E-state index in [0.29, 0.717) is 5.75 Å². The van der Waals surface area contributed by atoms with Gasteiger partial charge >= 0.3 is 0 Å².